The Hall–Kier alpha value is -2.23. The number of thiophene rings is 1. The summed E-state index contributed by atoms with van der Waals surface area (Å²) >= 11 is 1.37. The Morgan fingerprint density at radius 2 is 1.84 bits per heavy atom. The van der Waals surface area contributed by atoms with E-state index >= 15 is 0 Å². The minimum absolute atomic E-state index is 0.0281. The van der Waals surface area contributed by atoms with Crippen LogP contribution < -0.4 is 10.8 Å². The fourth-order valence-electron chi connectivity index (χ4n) is 4.03. The number of sulfone groups is 1. The Morgan fingerprint density at radius 1 is 1.10 bits per heavy atom. The van der Waals surface area contributed by atoms with Crippen LogP contribution in [0.4, 0.5) is 0 Å². The molecule has 7 nitrogen and oxygen atoms in total. The van der Waals surface area contributed by atoms with Crippen LogP contribution in [0.2, 0.25) is 0 Å². The first-order chi connectivity index (χ1) is 14.8. The third kappa shape index (κ3) is 5.16. The Kier molecular flexibility index (Phi) is 7.51. The van der Waals surface area contributed by atoms with Crippen LogP contribution in [0.1, 0.15) is 49.5 Å². The predicted octanol–water partition coefficient (Wildman–Crippen LogP) is 3.17. The topological polar surface area (TPSA) is 113 Å². The zero-order chi connectivity index (χ0) is 22.5. The molecule has 3 rings (SSSR count). The lowest BCUT2D eigenvalue weighted by Crippen LogP contribution is -2.43. The van der Waals surface area contributed by atoms with Gasteiger partial charge in [-0.25, -0.2) is 13.9 Å². The monoisotopic (exact) mass is 464 g/mol. The summed E-state index contributed by atoms with van der Waals surface area (Å²) in [6.07, 6.45) is 2.46. The molecule has 1 atom stereocenters. The second-order valence-corrected chi connectivity index (χ2v) is 11.3. The predicted molar refractivity (Wildman–Crippen MR) is 121 cm³/mol. The molecule has 1 aliphatic rings. The fourth-order valence-corrected chi connectivity index (χ4v) is 7.82. The Morgan fingerprint density at radius 3 is 2.48 bits per heavy atom. The molecule has 0 bridgehead atoms. The second kappa shape index (κ2) is 9.93. The van der Waals surface area contributed by atoms with Gasteiger partial charge in [-0.3, -0.25) is 14.8 Å². The second-order valence-electron chi connectivity index (χ2n) is 7.80. The van der Waals surface area contributed by atoms with Crippen LogP contribution in [-0.4, -0.2) is 37.7 Å². The Labute approximate surface area is 186 Å². The van der Waals surface area contributed by atoms with Crippen LogP contribution in [0, 0.1) is 0 Å². The van der Waals surface area contributed by atoms with E-state index in [1.165, 1.54) is 11.3 Å². The van der Waals surface area contributed by atoms with Gasteiger partial charge in [0.15, 0.2) is 9.84 Å². The van der Waals surface area contributed by atoms with E-state index < -0.39 is 20.5 Å². The van der Waals surface area contributed by atoms with Gasteiger partial charge >= 0.3 is 0 Å². The highest BCUT2D eigenvalue weighted by molar-refractivity contribution is 7.92. The molecule has 0 saturated carbocycles. The number of carbonyl (C=O) groups excluding carboxylic acids is 2. The zero-order valence-corrected chi connectivity index (χ0v) is 19.2. The van der Waals surface area contributed by atoms with E-state index in [2.05, 4.69) is 5.32 Å². The summed E-state index contributed by atoms with van der Waals surface area (Å²) in [5.41, 5.74) is 3.60. The number of hydroxylamine groups is 1. The zero-order valence-electron chi connectivity index (χ0n) is 17.5. The summed E-state index contributed by atoms with van der Waals surface area (Å²) in [5, 5.41) is 11.8. The maximum Gasteiger partial charge on any atom is 0.245 e. The number of carbonyl (C=O) groups is 2. The molecule has 31 heavy (non-hydrogen) atoms. The first-order valence-electron chi connectivity index (χ1n) is 10.4. The Balaban J connectivity index is 1.83. The molecule has 0 spiro atoms. The minimum Gasteiger partial charge on any atom is -0.356 e. The minimum atomic E-state index is -3.54. The number of hydrogen-bond donors (Lipinski definition) is 3. The SMILES string of the molecule is CCNC(=O)CCc1ccc(-c2ccc([C@@]3(CC(=O)NO)CCCCS3(=O)=O)s2)cc1. The number of aryl methyl sites for hydroxylation is 1. The Bertz CT molecular complexity index is 1030. The van der Waals surface area contributed by atoms with Crippen molar-refractivity contribution in [2.24, 2.45) is 0 Å². The van der Waals surface area contributed by atoms with E-state index in [1.807, 2.05) is 37.3 Å². The van der Waals surface area contributed by atoms with E-state index in [1.54, 1.807) is 11.5 Å². The molecule has 0 radical (unpaired) electrons. The molecule has 1 fully saturated rings. The van der Waals surface area contributed by atoms with Crippen LogP contribution in [0.15, 0.2) is 36.4 Å². The standard InChI is InChI=1S/C22H28N2O5S2/c1-2-23-20(25)12-7-16-5-8-17(9-6-16)18-10-11-19(30-18)22(15-21(26)24-27)13-3-4-14-31(22,28)29/h5-6,8-11,27H,2-4,7,12-15H2,1H3,(H,23,25)(H,24,26)/t22-/m0/s1. The van der Waals surface area contributed by atoms with Crippen molar-refractivity contribution in [1.82, 2.24) is 10.8 Å². The van der Waals surface area contributed by atoms with Gasteiger partial charge in [-0.2, -0.15) is 0 Å². The summed E-state index contributed by atoms with van der Waals surface area (Å²) in [6, 6.07) is 11.5. The van der Waals surface area contributed by atoms with Gasteiger partial charge in [0.2, 0.25) is 11.8 Å². The maximum atomic E-state index is 13.0. The average molecular weight is 465 g/mol. The van der Waals surface area contributed by atoms with Gasteiger partial charge < -0.3 is 5.32 Å². The molecule has 1 aromatic carbocycles. The lowest BCUT2D eigenvalue weighted by atomic mass is 9.94. The highest BCUT2D eigenvalue weighted by atomic mass is 32.2. The first kappa shape index (κ1) is 23.4. The van der Waals surface area contributed by atoms with E-state index in [0.29, 0.717) is 43.5 Å². The average Bonchev–Trinajstić information content (AvgIpc) is 3.25. The smallest absolute Gasteiger partial charge is 0.245 e. The van der Waals surface area contributed by atoms with Crippen molar-refractivity contribution >= 4 is 33.0 Å². The van der Waals surface area contributed by atoms with Crippen molar-refractivity contribution in [3.05, 3.63) is 46.8 Å². The maximum absolute atomic E-state index is 13.0. The van der Waals surface area contributed by atoms with Crippen LogP contribution in [0.25, 0.3) is 10.4 Å². The van der Waals surface area contributed by atoms with E-state index in [4.69, 9.17) is 5.21 Å². The third-order valence-electron chi connectivity index (χ3n) is 5.72. The highest BCUT2D eigenvalue weighted by Gasteiger charge is 2.49. The van der Waals surface area contributed by atoms with Crippen LogP contribution in [0.5, 0.6) is 0 Å². The van der Waals surface area contributed by atoms with Gasteiger partial charge in [0.25, 0.3) is 0 Å². The summed E-state index contributed by atoms with van der Waals surface area (Å²) in [4.78, 5) is 25.1. The van der Waals surface area contributed by atoms with Crippen molar-refractivity contribution in [3.63, 3.8) is 0 Å². The van der Waals surface area contributed by atoms with Crippen LogP contribution >= 0.6 is 11.3 Å². The molecule has 1 aromatic heterocycles. The quantitative estimate of drug-likeness (QED) is 0.410. The summed E-state index contributed by atoms with van der Waals surface area (Å²) in [7, 11) is -3.54. The normalized spacial score (nSPS) is 20.2. The summed E-state index contributed by atoms with van der Waals surface area (Å²) in [5.74, 6) is -0.628. The number of hydrogen-bond acceptors (Lipinski definition) is 6. The molecule has 0 aliphatic carbocycles. The summed E-state index contributed by atoms with van der Waals surface area (Å²) in [6.45, 7) is 2.51. The van der Waals surface area contributed by atoms with E-state index in [-0.39, 0.29) is 18.1 Å². The number of amides is 2. The van der Waals surface area contributed by atoms with E-state index in [0.717, 1.165) is 16.0 Å². The van der Waals surface area contributed by atoms with E-state index in [9.17, 15) is 18.0 Å². The molecule has 3 N–H and O–H groups in total. The molecule has 2 heterocycles. The molecule has 168 valence electrons. The molecule has 0 unspecified atom stereocenters. The van der Waals surface area contributed by atoms with Gasteiger partial charge in [0, 0.05) is 22.7 Å². The van der Waals surface area contributed by atoms with Gasteiger partial charge in [0.1, 0.15) is 4.75 Å². The highest BCUT2D eigenvalue weighted by Crippen LogP contribution is 2.47. The molecule has 1 saturated heterocycles. The fraction of sp³-hybridized carbons (Fsp3) is 0.455. The van der Waals surface area contributed by atoms with Gasteiger partial charge in [-0.15, -0.1) is 11.3 Å². The molecule has 1 aliphatic heterocycles. The molecule has 2 amide bonds. The van der Waals surface area contributed by atoms with Crippen LogP contribution in [-0.2, 0) is 30.6 Å². The lowest BCUT2D eigenvalue weighted by molar-refractivity contribution is -0.130. The first-order valence-corrected chi connectivity index (χ1v) is 12.9. The van der Waals surface area contributed by atoms with Crippen molar-refractivity contribution in [2.45, 2.75) is 50.2 Å². The number of nitrogens with one attached hydrogen (secondary N) is 2. The van der Waals surface area contributed by atoms with Crippen molar-refractivity contribution < 1.29 is 23.2 Å². The van der Waals surface area contributed by atoms with Crippen LogP contribution in [0.3, 0.4) is 0 Å². The molecular formula is C22H28N2O5S2. The van der Waals surface area contributed by atoms with Gasteiger partial charge in [-0.1, -0.05) is 30.7 Å². The van der Waals surface area contributed by atoms with Gasteiger partial charge in [0.05, 0.1) is 12.2 Å². The molecule has 2 aromatic rings. The molecule has 9 heteroatoms. The number of benzene rings is 1. The van der Waals surface area contributed by atoms with Gasteiger partial charge in [-0.05, 0) is 49.4 Å². The number of rotatable bonds is 8. The lowest BCUT2D eigenvalue weighted by Gasteiger charge is -2.35. The van der Waals surface area contributed by atoms with Crippen molar-refractivity contribution in [3.8, 4) is 10.4 Å². The van der Waals surface area contributed by atoms with Crippen molar-refractivity contribution in [1.29, 1.82) is 0 Å². The van der Waals surface area contributed by atoms with Crippen molar-refractivity contribution in [2.75, 3.05) is 12.3 Å². The largest absolute Gasteiger partial charge is 0.356 e. The summed E-state index contributed by atoms with van der Waals surface area (Å²) < 4.78 is 24.8. The third-order valence-corrected chi connectivity index (χ3v) is 9.77. The molecular weight excluding hydrogens is 436 g/mol.